The number of aromatic nitrogens is 3. The van der Waals surface area contributed by atoms with E-state index >= 15 is 0 Å². The summed E-state index contributed by atoms with van der Waals surface area (Å²) < 4.78 is 0. The second-order valence-electron chi connectivity index (χ2n) is 4.31. The van der Waals surface area contributed by atoms with E-state index in [-0.39, 0.29) is 17.8 Å². The van der Waals surface area contributed by atoms with E-state index in [0.717, 1.165) is 44.6 Å². The van der Waals surface area contributed by atoms with Crippen LogP contribution in [0.15, 0.2) is 0 Å². The summed E-state index contributed by atoms with van der Waals surface area (Å²) in [5.74, 6) is 0.824. The van der Waals surface area contributed by atoms with Crippen LogP contribution in [-0.4, -0.2) is 40.2 Å². The van der Waals surface area contributed by atoms with Crippen LogP contribution in [0.4, 0.5) is 0 Å². The normalized spacial score (nSPS) is 20.9. The van der Waals surface area contributed by atoms with E-state index in [1.165, 1.54) is 0 Å². The standard InChI is InChI=1S/C11H19N5O/c1-2-9-14-10(16-15-9)11(17)13-8-4-3-6-12-7-5-8/h8,12H,2-7H2,1H3,(H,13,17)(H,14,15,16). The van der Waals surface area contributed by atoms with Crippen LogP contribution in [0.3, 0.4) is 0 Å². The molecule has 0 aliphatic carbocycles. The number of amides is 1. The van der Waals surface area contributed by atoms with Crippen LogP contribution in [0.25, 0.3) is 0 Å². The third-order valence-corrected chi connectivity index (χ3v) is 2.98. The summed E-state index contributed by atoms with van der Waals surface area (Å²) in [6.45, 7) is 3.96. The molecule has 0 aromatic carbocycles. The molecule has 1 saturated heterocycles. The number of carbonyl (C=O) groups excluding carboxylic acids is 1. The van der Waals surface area contributed by atoms with Crippen molar-refractivity contribution in [2.45, 2.75) is 38.6 Å². The van der Waals surface area contributed by atoms with E-state index in [2.05, 4.69) is 25.8 Å². The number of hydrogen-bond donors (Lipinski definition) is 3. The van der Waals surface area contributed by atoms with Crippen molar-refractivity contribution in [2.24, 2.45) is 0 Å². The van der Waals surface area contributed by atoms with Gasteiger partial charge >= 0.3 is 0 Å². The maximum absolute atomic E-state index is 11.9. The van der Waals surface area contributed by atoms with E-state index in [0.29, 0.717) is 0 Å². The van der Waals surface area contributed by atoms with Crippen LogP contribution in [0.2, 0.25) is 0 Å². The number of rotatable bonds is 3. The summed E-state index contributed by atoms with van der Waals surface area (Å²) in [5.41, 5.74) is 0. The van der Waals surface area contributed by atoms with Gasteiger partial charge in [0.15, 0.2) is 0 Å². The first-order valence-electron chi connectivity index (χ1n) is 6.22. The van der Waals surface area contributed by atoms with Gasteiger partial charge in [-0.3, -0.25) is 9.89 Å². The molecule has 17 heavy (non-hydrogen) atoms. The molecule has 1 aliphatic rings. The molecular weight excluding hydrogens is 218 g/mol. The van der Waals surface area contributed by atoms with Gasteiger partial charge < -0.3 is 10.6 Å². The summed E-state index contributed by atoms with van der Waals surface area (Å²) in [6, 6.07) is 0.237. The molecule has 94 valence electrons. The Labute approximate surface area is 101 Å². The van der Waals surface area contributed by atoms with Crippen LogP contribution in [0.1, 0.15) is 42.6 Å². The fourth-order valence-corrected chi connectivity index (χ4v) is 1.97. The van der Waals surface area contributed by atoms with Crippen molar-refractivity contribution in [1.82, 2.24) is 25.8 Å². The maximum Gasteiger partial charge on any atom is 0.291 e. The molecule has 0 saturated carbocycles. The average molecular weight is 237 g/mol. The first-order chi connectivity index (χ1) is 8.29. The number of H-pyrrole nitrogens is 1. The molecule has 1 aliphatic heterocycles. The quantitative estimate of drug-likeness (QED) is 0.703. The Morgan fingerprint density at radius 3 is 3.12 bits per heavy atom. The molecule has 1 aromatic rings. The largest absolute Gasteiger partial charge is 0.346 e. The number of nitrogens with one attached hydrogen (secondary N) is 3. The van der Waals surface area contributed by atoms with Gasteiger partial charge in [-0.25, -0.2) is 4.98 Å². The van der Waals surface area contributed by atoms with Crippen LogP contribution >= 0.6 is 0 Å². The van der Waals surface area contributed by atoms with Crippen molar-refractivity contribution in [1.29, 1.82) is 0 Å². The van der Waals surface area contributed by atoms with Gasteiger partial charge in [-0.15, -0.1) is 5.10 Å². The molecule has 2 rings (SSSR count). The van der Waals surface area contributed by atoms with Gasteiger partial charge in [0, 0.05) is 12.5 Å². The molecule has 0 bridgehead atoms. The summed E-state index contributed by atoms with van der Waals surface area (Å²) in [4.78, 5) is 16.0. The lowest BCUT2D eigenvalue weighted by Gasteiger charge is -2.14. The zero-order valence-corrected chi connectivity index (χ0v) is 10.1. The Morgan fingerprint density at radius 2 is 2.35 bits per heavy atom. The predicted octanol–water partition coefficient (Wildman–Crippen LogP) is 0.239. The molecule has 3 N–H and O–H groups in total. The fourth-order valence-electron chi connectivity index (χ4n) is 1.97. The smallest absolute Gasteiger partial charge is 0.291 e. The Morgan fingerprint density at radius 1 is 1.47 bits per heavy atom. The third-order valence-electron chi connectivity index (χ3n) is 2.98. The summed E-state index contributed by atoms with van der Waals surface area (Å²) in [6.07, 6.45) is 3.84. The summed E-state index contributed by atoms with van der Waals surface area (Å²) in [7, 11) is 0. The highest BCUT2D eigenvalue weighted by molar-refractivity contribution is 5.90. The zero-order chi connectivity index (χ0) is 12.1. The highest BCUT2D eigenvalue weighted by Gasteiger charge is 2.18. The second kappa shape index (κ2) is 5.77. The summed E-state index contributed by atoms with van der Waals surface area (Å²) in [5, 5.41) is 13.0. The van der Waals surface area contributed by atoms with Crippen molar-refractivity contribution in [3.05, 3.63) is 11.6 Å². The Hall–Kier alpha value is -1.43. The van der Waals surface area contributed by atoms with Gasteiger partial charge in [0.2, 0.25) is 5.82 Å². The lowest BCUT2D eigenvalue weighted by molar-refractivity contribution is 0.0924. The monoisotopic (exact) mass is 237 g/mol. The van der Waals surface area contributed by atoms with E-state index in [1.807, 2.05) is 6.92 Å². The Bertz CT molecular complexity index is 368. The number of carbonyl (C=O) groups is 1. The molecule has 1 unspecified atom stereocenters. The Kier molecular flexibility index (Phi) is 4.08. The summed E-state index contributed by atoms with van der Waals surface area (Å²) >= 11 is 0. The molecule has 6 nitrogen and oxygen atoms in total. The SMILES string of the molecule is CCc1nc(C(=O)NC2CCCNCC2)n[nH]1. The number of hydrogen-bond acceptors (Lipinski definition) is 4. The molecule has 1 amide bonds. The van der Waals surface area contributed by atoms with Gasteiger partial charge in [-0.1, -0.05) is 6.92 Å². The molecule has 0 spiro atoms. The lowest BCUT2D eigenvalue weighted by atomic mass is 10.1. The van der Waals surface area contributed by atoms with Crippen molar-refractivity contribution < 1.29 is 4.79 Å². The lowest BCUT2D eigenvalue weighted by Crippen LogP contribution is -2.36. The molecule has 1 atom stereocenters. The first-order valence-corrected chi connectivity index (χ1v) is 6.22. The molecule has 6 heteroatoms. The third kappa shape index (κ3) is 3.26. The van der Waals surface area contributed by atoms with E-state index in [4.69, 9.17) is 0 Å². The maximum atomic E-state index is 11.9. The van der Waals surface area contributed by atoms with Crippen molar-refractivity contribution in [3.63, 3.8) is 0 Å². The van der Waals surface area contributed by atoms with Crippen molar-refractivity contribution in [2.75, 3.05) is 13.1 Å². The van der Waals surface area contributed by atoms with Gasteiger partial charge in [0.25, 0.3) is 5.91 Å². The minimum Gasteiger partial charge on any atom is -0.346 e. The van der Waals surface area contributed by atoms with Crippen LogP contribution in [-0.2, 0) is 6.42 Å². The Balaban J connectivity index is 1.91. The van der Waals surface area contributed by atoms with E-state index in [1.54, 1.807) is 0 Å². The number of aromatic amines is 1. The second-order valence-corrected chi connectivity index (χ2v) is 4.31. The van der Waals surface area contributed by atoms with Gasteiger partial charge in [0.1, 0.15) is 5.82 Å². The fraction of sp³-hybridized carbons (Fsp3) is 0.727. The van der Waals surface area contributed by atoms with Gasteiger partial charge in [-0.2, -0.15) is 0 Å². The van der Waals surface area contributed by atoms with E-state index < -0.39 is 0 Å². The average Bonchev–Trinajstić information content (AvgIpc) is 2.68. The van der Waals surface area contributed by atoms with Gasteiger partial charge in [0.05, 0.1) is 0 Å². The number of aryl methyl sites for hydroxylation is 1. The molecule has 1 aromatic heterocycles. The highest BCUT2D eigenvalue weighted by Crippen LogP contribution is 2.05. The van der Waals surface area contributed by atoms with Crippen LogP contribution in [0.5, 0.6) is 0 Å². The predicted molar refractivity (Wildman–Crippen MR) is 63.7 cm³/mol. The van der Waals surface area contributed by atoms with Crippen molar-refractivity contribution in [3.8, 4) is 0 Å². The van der Waals surface area contributed by atoms with E-state index in [9.17, 15) is 4.79 Å². The highest BCUT2D eigenvalue weighted by atomic mass is 16.2. The minimum atomic E-state index is -0.173. The zero-order valence-electron chi connectivity index (χ0n) is 10.1. The topological polar surface area (TPSA) is 82.7 Å². The number of nitrogens with zero attached hydrogens (tertiary/aromatic N) is 2. The van der Waals surface area contributed by atoms with Crippen molar-refractivity contribution >= 4 is 5.91 Å². The molecule has 1 fully saturated rings. The van der Waals surface area contributed by atoms with Crippen LogP contribution in [0, 0.1) is 0 Å². The van der Waals surface area contributed by atoms with Gasteiger partial charge in [-0.05, 0) is 32.4 Å². The van der Waals surface area contributed by atoms with Crippen LogP contribution < -0.4 is 10.6 Å². The molecule has 0 radical (unpaired) electrons. The first kappa shape index (κ1) is 12.0. The minimum absolute atomic E-state index is 0.173. The molecular formula is C11H19N5O. The molecule has 2 heterocycles.